The highest BCUT2D eigenvalue weighted by Crippen LogP contribution is 2.52. The SMILES string of the molecule is CC1(C)c2ccccc2-c2ccc(N(c3cccc(-c4ccc5c6ccccc6n(-c6ccccc6)c5c4)c3)c3ccccc3-c3cccc4cccc(-c5ccccc5)c34)cc21. The summed E-state index contributed by atoms with van der Waals surface area (Å²) < 4.78 is 2.40. The van der Waals surface area contributed by atoms with Crippen molar-refractivity contribution in [2.45, 2.75) is 19.3 Å². The van der Waals surface area contributed by atoms with Gasteiger partial charge in [-0.2, -0.15) is 0 Å². The molecule has 1 aliphatic rings. The van der Waals surface area contributed by atoms with Crippen LogP contribution >= 0.6 is 0 Å². The van der Waals surface area contributed by atoms with Crippen molar-refractivity contribution in [1.82, 2.24) is 4.57 Å². The Morgan fingerprint density at radius 1 is 0.365 bits per heavy atom. The summed E-state index contributed by atoms with van der Waals surface area (Å²) in [5, 5.41) is 4.97. The lowest BCUT2D eigenvalue weighted by molar-refractivity contribution is 0.660. The van der Waals surface area contributed by atoms with Gasteiger partial charge in [0.15, 0.2) is 0 Å². The van der Waals surface area contributed by atoms with Crippen molar-refractivity contribution in [2.24, 2.45) is 0 Å². The summed E-state index contributed by atoms with van der Waals surface area (Å²) in [6.45, 7) is 4.73. The molecule has 10 aromatic carbocycles. The monoisotopic (exact) mass is 804 g/mol. The minimum atomic E-state index is -0.151. The zero-order valence-corrected chi connectivity index (χ0v) is 35.3. The summed E-state index contributed by atoms with van der Waals surface area (Å²) in [6, 6.07) is 84.7. The largest absolute Gasteiger partial charge is 0.310 e. The Morgan fingerprint density at radius 3 is 1.81 bits per heavy atom. The van der Waals surface area contributed by atoms with Gasteiger partial charge in [-0.15, -0.1) is 0 Å². The van der Waals surface area contributed by atoms with Crippen molar-refractivity contribution in [3.63, 3.8) is 0 Å². The number of hydrogen-bond donors (Lipinski definition) is 0. The molecule has 0 amide bonds. The molecule has 11 aromatic rings. The molecule has 63 heavy (non-hydrogen) atoms. The van der Waals surface area contributed by atoms with Crippen LogP contribution in [0.2, 0.25) is 0 Å². The second-order valence-corrected chi connectivity index (χ2v) is 17.3. The number of aromatic nitrogens is 1. The number of nitrogens with zero attached hydrogens (tertiary/aromatic N) is 2. The molecular weight excluding hydrogens is 761 g/mol. The minimum absolute atomic E-state index is 0.151. The molecule has 1 aromatic heterocycles. The van der Waals surface area contributed by atoms with E-state index in [0.29, 0.717) is 0 Å². The van der Waals surface area contributed by atoms with E-state index in [0.717, 1.165) is 28.3 Å². The summed E-state index contributed by atoms with van der Waals surface area (Å²) in [5.74, 6) is 0. The Morgan fingerprint density at radius 2 is 0.968 bits per heavy atom. The van der Waals surface area contributed by atoms with Gasteiger partial charge in [0.25, 0.3) is 0 Å². The van der Waals surface area contributed by atoms with E-state index in [1.165, 1.54) is 82.6 Å². The summed E-state index contributed by atoms with van der Waals surface area (Å²) >= 11 is 0. The standard InChI is InChI=1S/C61H44N2/c1-61(2)55-31-12-9-26-49(55)50-37-35-47(40-56(50)61)62(57-32-13-11-28-52(57)54-30-17-21-42-20-16-29-48(60(42)54)41-18-5-3-6-19-41)46-25-15-22-43(38-46)44-34-36-53-51-27-10-14-33-58(51)63(59(53)39-44)45-23-7-4-8-24-45/h3-40H,1-2H3. The van der Waals surface area contributed by atoms with E-state index in [1.54, 1.807) is 0 Å². The second kappa shape index (κ2) is 14.6. The lowest BCUT2D eigenvalue weighted by atomic mass is 9.82. The highest BCUT2D eigenvalue weighted by molar-refractivity contribution is 6.11. The molecule has 0 unspecified atom stereocenters. The molecule has 0 radical (unpaired) electrons. The Bertz CT molecular complexity index is 3530. The number of fused-ring (bicyclic) bond motifs is 7. The molecule has 2 nitrogen and oxygen atoms in total. The van der Waals surface area contributed by atoms with Crippen LogP contribution in [-0.4, -0.2) is 4.57 Å². The van der Waals surface area contributed by atoms with Crippen LogP contribution in [0.4, 0.5) is 17.1 Å². The fourth-order valence-corrected chi connectivity index (χ4v) is 10.4. The molecule has 1 aliphatic carbocycles. The highest BCUT2D eigenvalue weighted by Gasteiger charge is 2.36. The smallest absolute Gasteiger partial charge is 0.0547 e. The van der Waals surface area contributed by atoms with Crippen LogP contribution < -0.4 is 4.90 Å². The maximum absolute atomic E-state index is 2.49. The van der Waals surface area contributed by atoms with Crippen molar-refractivity contribution in [1.29, 1.82) is 0 Å². The molecule has 0 saturated heterocycles. The topological polar surface area (TPSA) is 8.17 Å². The van der Waals surface area contributed by atoms with Gasteiger partial charge in [-0.05, 0) is 115 Å². The molecule has 0 aliphatic heterocycles. The van der Waals surface area contributed by atoms with E-state index in [9.17, 15) is 0 Å². The van der Waals surface area contributed by atoms with E-state index in [1.807, 2.05) is 0 Å². The fraction of sp³-hybridized carbons (Fsp3) is 0.0492. The predicted molar refractivity (Wildman–Crippen MR) is 267 cm³/mol. The molecule has 0 saturated carbocycles. The van der Waals surface area contributed by atoms with Gasteiger partial charge in [-0.3, -0.25) is 0 Å². The Hall–Kier alpha value is -7.94. The van der Waals surface area contributed by atoms with Crippen molar-refractivity contribution in [2.75, 3.05) is 4.90 Å². The van der Waals surface area contributed by atoms with E-state index >= 15 is 0 Å². The molecule has 0 bridgehead atoms. The lowest BCUT2D eigenvalue weighted by Gasteiger charge is -2.30. The van der Waals surface area contributed by atoms with Crippen molar-refractivity contribution in [3.05, 3.63) is 242 Å². The average molecular weight is 805 g/mol. The molecule has 0 N–H and O–H groups in total. The van der Waals surface area contributed by atoms with Gasteiger partial charge in [-0.1, -0.05) is 190 Å². The van der Waals surface area contributed by atoms with Crippen LogP contribution in [0.5, 0.6) is 0 Å². The van der Waals surface area contributed by atoms with E-state index in [-0.39, 0.29) is 5.41 Å². The third-order valence-electron chi connectivity index (χ3n) is 13.4. The van der Waals surface area contributed by atoms with Crippen molar-refractivity contribution in [3.8, 4) is 50.2 Å². The van der Waals surface area contributed by atoms with Crippen LogP contribution in [0.3, 0.4) is 0 Å². The molecule has 0 atom stereocenters. The maximum atomic E-state index is 2.49. The quantitative estimate of drug-likeness (QED) is 0.156. The normalized spacial score (nSPS) is 12.7. The van der Waals surface area contributed by atoms with Crippen LogP contribution in [-0.2, 0) is 5.41 Å². The predicted octanol–water partition coefficient (Wildman–Crippen LogP) is 16.7. The third kappa shape index (κ3) is 5.94. The maximum Gasteiger partial charge on any atom is 0.0547 e. The molecular formula is C61H44N2. The van der Waals surface area contributed by atoms with Gasteiger partial charge in [0.1, 0.15) is 0 Å². The Kier molecular flexibility index (Phi) is 8.55. The van der Waals surface area contributed by atoms with Crippen LogP contribution in [0.25, 0.3) is 82.8 Å². The number of anilines is 3. The summed E-state index contributed by atoms with van der Waals surface area (Å²) in [5.41, 5.74) is 19.3. The average Bonchev–Trinajstić information content (AvgIpc) is 3.79. The van der Waals surface area contributed by atoms with Crippen LogP contribution in [0.1, 0.15) is 25.0 Å². The Balaban J connectivity index is 1.08. The molecule has 0 spiro atoms. The van der Waals surface area contributed by atoms with Gasteiger partial charge in [0.05, 0.1) is 16.7 Å². The van der Waals surface area contributed by atoms with Gasteiger partial charge in [0, 0.05) is 38.8 Å². The van der Waals surface area contributed by atoms with Crippen molar-refractivity contribution >= 4 is 49.6 Å². The van der Waals surface area contributed by atoms with Gasteiger partial charge in [0.2, 0.25) is 0 Å². The molecule has 2 heteroatoms. The first-order valence-corrected chi connectivity index (χ1v) is 21.9. The zero-order valence-electron chi connectivity index (χ0n) is 35.3. The van der Waals surface area contributed by atoms with Crippen LogP contribution in [0.15, 0.2) is 231 Å². The third-order valence-corrected chi connectivity index (χ3v) is 13.4. The summed E-state index contributed by atoms with van der Waals surface area (Å²) in [4.78, 5) is 2.49. The number of benzene rings is 10. The number of hydrogen-bond acceptors (Lipinski definition) is 1. The number of para-hydroxylation sites is 3. The first kappa shape index (κ1) is 36.9. The van der Waals surface area contributed by atoms with Gasteiger partial charge >= 0.3 is 0 Å². The van der Waals surface area contributed by atoms with Gasteiger partial charge in [-0.25, -0.2) is 0 Å². The lowest BCUT2D eigenvalue weighted by Crippen LogP contribution is -2.17. The summed E-state index contributed by atoms with van der Waals surface area (Å²) in [6.07, 6.45) is 0. The van der Waals surface area contributed by atoms with E-state index < -0.39 is 0 Å². The van der Waals surface area contributed by atoms with Gasteiger partial charge < -0.3 is 9.47 Å². The minimum Gasteiger partial charge on any atom is -0.310 e. The molecule has 298 valence electrons. The first-order chi connectivity index (χ1) is 31.0. The molecule has 12 rings (SSSR count). The summed E-state index contributed by atoms with van der Waals surface area (Å²) in [7, 11) is 0. The second-order valence-electron chi connectivity index (χ2n) is 17.3. The number of rotatable bonds is 7. The van der Waals surface area contributed by atoms with Crippen molar-refractivity contribution < 1.29 is 0 Å². The first-order valence-electron chi connectivity index (χ1n) is 21.9. The van der Waals surface area contributed by atoms with E-state index in [2.05, 4.69) is 254 Å². The molecule has 0 fully saturated rings. The fourth-order valence-electron chi connectivity index (χ4n) is 10.4. The Labute approximate surface area is 368 Å². The highest BCUT2D eigenvalue weighted by atomic mass is 15.1. The van der Waals surface area contributed by atoms with E-state index in [4.69, 9.17) is 0 Å². The zero-order chi connectivity index (χ0) is 42.1. The molecule has 1 heterocycles. The van der Waals surface area contributed by atoms with Crippen LogP contribution in [0, 0.1) is 0 Å².